The third kappa shape index (κ3) is 2.14. The van der Waals surface area contributed by atoms with E-state index in [-0.39, 0.29) is 17.7 Å². The number of fused-ring (bicyclic) bond motifs is 1. The van der Waals surface area contributed by atoms with Crippen LogP contribution in [0.1, 0.15) is 35.2 Å². The molecular weight excluding hydrogens is 324 g/mol. The zero-order valence-corrected chi connectivity index (χ0v) is 12.3. The van der Waals surface area contributed by atoms with Gasteiger partial charge >= 0.3 is 0 Å². The first-order valence-electron chi connectivity index (χ1n) is 6.50. The molecule has 6 heteroatoms. The highest BCUT2D eigenvalue weighted by molar-refractivity contribution is 9.10. The monoisotopic (exact) mass is 336 g/mol. The van der Waals surface area contributed by atoms with E-state index in [9.17, 15) is 14.4 Å². The number of carbonyl (C=O) groups is 3. The van der Waals surface area contributed by atoms with Crippen molar-refractivity contribution in [3.05, 3.63) is 33.8 Å². The van der Waals surface area contributed by atoms with Crippen LogP contribution in [-0.4, -0.2) is 28.7 Å². The standard InChI is InChI=1S/C14H13BrN2O3/c15-10-4-1-3-8-9(10)7-17(14(8)20)11-5-2-6-12(18)16-13(11)19/h1,3-4,11H,2,5-7H2,(H,16,18,19). The topological polar surface area (TPSA) is 66.5 Å². The number of hydrogen-bond acceptors (Lipinski definition) is 3. The van der Waals surface area contributed by atoms with Crippen LogP contribution >= 0.6 is 15.9 Å². The normalized spacial score (nSPS) is 22.6. The minimum absolute atomic E-state index is 0.143. The average molecular weight is 337 g/mol. The summed E-state index contributed by atoms with van der Waals surface area (Å²) in [6.07, 6.45) is 1.47. The maximum atomic E-state index is 12.4. The lowest BCUT2D eigenvalue weighted by Crippen LogP contribution is -2.46. The molecule has 1 unspecified atom stereocenters. The molecule has 1 fully saturated rings. The Hall–Kier alpha value is -1.69. The third-order valence-corrected chi connectivity index (χ3v) is 4.50. The van der Waals surface area contributed by atoms with Gasteiger partial charge in [-0.05, 0) is 30.5 Å². The fourth-order valence-electron chi connectivity index (χ4n) is 2.74. The van der Waals surface area contributed by atoms with Crippen molar-refractivity contribution in [2.24, 2.45) is 0 Å². The molecule has 3 rings (SSSR count). The van der Waals surface area contributed by atoms with Crippen LogP contribution in [0.25, 0.3) is 0 Å². The van der Waals surface area contributed by atoms with Gasteiger partial charge in [-0.15, -0.1) is 0 Å². The van der Waals surface area contributed by atoms with Gasteiger partial charge in [0, 0.05) is 23.0 Å². The Bertz CT molecular complexity index is 614. The molecule has 0 aromatic heterocycles. The second-order valence-electron chi connectivity index (χ2n) is 5.02. The van der Waals surface area contributed by atoms with Crippen molar-refractivity contribution in [1.29, 1.82) is 0 Å². The zero-order chi connectivity index (χ0) is 14.3. The average Bonchev–Trinajstić information content (AvgIpc) is 2.64. The second-order valence-corrected chi connectivity index (χ2v) is 5.87. The lowest BCUT2D eigenvalue weighted by molar-refractivity contribution is -0.132. The molecule has 20 heavy (non-hydrogen) atoms. The molecule has 0 saturated carbocycles. The molecule has 2 heterocycles. The van der Waals surface area contributed by atoms with E-state index in [1.807, 2.05) is 6.07 Å². The summed E-state index contributed by atoms with van der Waals surface area (Å²) >= 11 is 3.43. The maximum Gasteiger partial charge on any atom is 0.255 e. The number of nitrogens with one attached hydrogen (secondary N) is 1. The van der Waals surface area contributed by atoms with Crippen molar-refractivity contribution in [2.45, 2.75) is 31.8 Å². The van der Waals surface area contributed by atoms with E-state index in [2.05, 4.69) is 21.2 Å². The molecule has 1 aromatic rings. The van der Waals surface area contributed by atoms with Gasteiger partial charge in [0.2, 0.25) is 11.8 Å². The van der Waals surface area contributed by atoms with Crippen LogP contribution in [0.15, 0.2) is 22.7 Å². The summed E-state index contributed by atoms with van der Waals surface area (Å²) in [6.45, 7) is 0.405. The van der Waals surface area contributed by atoms with E-state index >= 15 is 0 Å². The Morgan fingerprint density at radius 2 is 2.05 bits per heavy atom. The molecule has 104 valence electrons. The van der Waals surface area contributed by atoms with Gasteiger partial charge in [0.15, 0.2) is 0 Å². The fourth-order valence-corrected chi connectivity index (χ4v) is 3.23. The van der Waals surface area contributed by atoms with Gasteiger partial charge in [0.1, 0.15) is 6.04 Å². The molecule has 1 atom stereocenters. The third-order valence-electron chi connectivity index (χ3n) is 3.76. The Kier molecular flexibility index (Phi) is 3.33. The first kappa shape index (κ1) is 13.3. The van der Waals surface area contributed by atoms with Crippen LogP contribution in [-0.2, 0) is 16.1 Å². The Morgan fingerprint density at radius 3 is 2.80 bits per heavy atom. The number of halogens is 1. The van der Waals surface area contributed by atoms with Gasteiger partial charge in [-0.2, -0.15) is 0 Å². The minimum Gasteiger partial charge on any atom is -0.322 e. The van der Waals surface area contributed by atoms with Crippen molar-refractivity contribution in [1.82, 2.24) is 10.2 Å². The van der Waals surface area contributed by atoms with Gasteiger partial charge < -0.3 is 4.90 Å². The lowest BCUT2D eigenvalue weighted by atomic mass is 10.1. The summed E-state index contributed by atoms with van der Waals surface area (Å²) in [5.41, 5.74) is 1.53. The molecular formula is C14H13BrN2O3. The fraction of sp³-hybridized carbons (Fsp3) is 0.357. The molecule has 5 nitrogen and oxygen atoms in total. The zero-order valence-electron chi connectivity index (χ0n) is 10.7. The van der Waals surface area contributed by atoms with Crippen molar-refractivity contribution in [3.8, 4) is 0 Å². The highest BCUT2D eigenvalue weighted by atomic mass is 79.9. The number of nitrogens with zero attached hydrogens (tertiary/aromatic N) is 1. The summed E-state index contributed by atoms with van der Waals surface area (Å²) in [6, 6.07) is 4.89. The molecule has 0 bridgehead atoms. The van der Waals surface area contributed by atoms with E-state index in [1.54, 1.807) is 17.0 Å². The summed E-state index contributed by atoms with van der Waals surface area (Å²) < 4.78 is 0.871. The van der Waals surface area contributed by atoms with Crippen LogP contribution in [0, 0.1) is 0 Å². The summed E-state index contributed by atoms with van der Waals surface area (Å²) in [5.74, 6) is -0.775. The Morgan fingerprint density at radius 1 is 1.25 bits per heavy atom. The number of amides is 3. The van der Waals surface area contributed by atoms with E-state index in [0.717, 1.165) is 10.0 Å². The Balaban J connectivity index is 1.90. The molecule has 1 N–H and O–H groups in total. The van der Waals surface area contributed by atoms with Crippen LogP contribution in [0.3, 0.4) is 0 Å². The molecule has 3 amide bonds. The number of benzene rings is 1. The van der Waals surface area contributed by atoms with Gasteiger partial charge in [-0.1, -0.05) is 22.0 Å². The molecule has 2 aliphatic rings. The quantitative estimate of drug-likeness (QED) is 0.792. The van der Waals surface area contributed by atoms with Gasteiger partial charge in [-0.25, -0.2) is 0 Å². The van der Waals surface area contributed by atoms with Crippen LogP contribution in [0.2, 0.25) is 0 Å². The number of hydrogen-bond donors (Lipinski definition) is 1. The first-order valence-corrected chi connectivity index (χ1v) is 7.29. The molecule has 0 spiro atoms. The van der Waals surface area contributed by atoms with Crippen molar-refractivity contribution < 1.29 is 14.4 Å². The number of imide groups is 1. The highest BCUT2D eigenvalue weighted by Crippen LogP contribution is 2.31. The van der Waals surface area contributed by atoms with Gasteiger partial charge in [-0.3, -0.25) is 19.7 Å². The Labute approximate surface area is 124 Å². The number of carbonyl (C=O) groups excluding carboxylic acids is 3. The van der Waals surface area contributed by atoms with Crippen molar-refractivity contribution >= 4 is 33.7 Å². The van der Waals surface area contributed by atoms with Crippen LogP contribution < -0.4 is 5.32 Å². The van der Waals surface area contributed by atoms with E-state index in [0.29, 0.717) is 31.4 Å². The van der Waals surface area contributed by atoms with Crippen molar-refractivity contribution in [2.75, 3.05) is 0 Å². The number of rotatable bonds is 1. The van der Waals surface area contributed by atoms with E-state index in [4.69, 9.17) is 0 Å². The summed E-state index contributed by atoms with van der Waals surface area (Å²) in [7, 11) is 0. The van der Waals surface area contributed by atoms with Crippen LogP contribution in [0.5, 0.6) is 0 Å². The highest BCUT2D eigenvalue weighted by Gasteiger charge is 2.38. The second kappa shape index (κ2) is 5.01. The first-order chi connectivity index (χ1) is 9.58. The molecule has 1 aromatic carbocycles. The smallest absolute Gasteiger partial charge is 0.255 e. The molecule has 1 saturated heterocycles. The molecule has 2 aliphatic heterocycles. The van der Waals surface area contributed by atoms with Gasteiger partial charge in [0.05, 0.1) is 0 Å². The molecule has 0 aliphatic carbocycles. The minimum atomic E-state index is -0.562. The van der Waals surface area contributed by atoms with E-state index in [1.165, 1.54) is 0 Å². The predicted octanol–water partition coefficient (Wildman–Crippen LogP) is 1.60. The SMILES string of the molecule is O=C1CCCC(N2Cc3c(Br)cccc3C2=O)C(=O)N1. The van der Waals surface area contributed by atoms with Gasteiger partial charge in [0.25, 0.3) is 5.91 Å². The predicted molar refractivity (Wildman–Crippen MR) is 74.8 cm³/mol. The maximum absolute atomic E-state index is 12.4. The summed E-state index contributed by atoms with van der Waals surface area (Å²) in [5, 5.41) is 2.35. The van der Waals surface area contributed by atoms with E-state index < -0.39 is 6.04 Å². The largest absolute Gasteiger partial charge is 0.322 e. The van der Waals surface area contributed by atoms with Crippen LogP contribution in [0.4, 0.5) is 0 Å². The molecule has 0 radical (unpaired) electrons. The van der Waals surface area contributed by atoms with Crippen molar-refractivity contribution in [3.63, 3.8) is 0 Å². The lowest BCUT2D eigenvalue weighted by Gasteiger charge is -2.24. The summed E-state index contributed by atoms with van der Waals surface area (Å²) in [4.78, 5) is 37.4.